The SMILES string of the molecule is COC(=O)c1ccc(CCCc2c(CCNS(=O)(=O)Cc3ccccc3CN3CCNCC3)n(C(c3ccccc3)c3ccccc3)c3ccc(Cl)cc23)cc1. The third-order valence-electron chi connectivity index (χ3n) is 10.7. The van der Waals surface area contributed by atoms with E-state index in [1.807, 2.05) is 60.7 Å². The summed E-state index contributed by atoms with van der Waals surface area (Å²) in [4.78, 5) is 14.4. The molecule has 0 aliphatic carbocycles. The zero-order valence-electron chi connectivity index (χ0n) is 31.8. The average molecular weight is 789 g/mol. The molecule has 5 aromatic carbocycles. The van der Waals surface area contributed by atoms with Crippen LogP contribution in [0.5, 0.6) is 0 Å². The summed E-state index contributed by atoms with van der Waals surface area (Å²) in [6.07, 6.45) is 2.87. The monoisotopic (exact) mass is 788 g/mol. The van der Waals surface area contributed by atoms with Crippen LogP contribution in [0.4, 0.5) is 0 Å². The number of aryl methyl sites for hydroxylation is 2. The fourth-order valence-corrected chi connectivity index (χ4v) is 9.33. The van der Waals surface area contributed by atoms with Gasteiger partial charge in [-0.1, -0.05) is 109 Å². The number of carbonyl (C=O) groups excluding carboxylic acids is 1. The number of nitrogens with zero attached hydrogens (tertiary/aromatic N) is 2. The minimum atomic E-state index is -3.66. The van der Waals surface area contributed by atoms with E-state index in [0.717, 1.165) is 102 Å². The largest absolute Gasteiger partial charge is 0.465 e. The number of methoxy groups -OCH3 is 1. The number of ether oxygens (including phenoxy) is 1. The van der Waals surface area contributed by atoms with Crippen LogP contribution in [0.3, 0.4) is 0 Å². The van der Waals surface area contributed by atoms with Crippen molar-refractivity contribution in [2.24, 2.45) is 0 Å². The molecule has 0 amide bonds. The van der Waals surface area contributed by atoms with Crippen molar-refractivity contribution in [3.05, 3.63) is 177 Å². The van der Waals surface area contributed by atoms with Gasteiger partial charge in [0.1, 0.15) is 0 Å². The van der Waals surface area contributed by atoms with Gasteiger partial charge in [-0.2, -0.15) is 0 Å². The Hall–Kier alpha value is -4.77. The van der Waals surface area contributed by atoms with Crippen molar-refractivity contribution in [1.82, 2.24) is 19.5 Å². The molecule has 1 aliphatic rings. The Morgan fingerprint density at radius 1 is 0.804 bits per heavy atom. The number of piperazine rings is 1. The van der Waals surface area contributed by atoms with Gasteiger partial charge in [0.15, 0.2) is 0 Å². The van der Waals surface area contributed by atoms with E-state index in [0.29, 0.717) is 17.0 Å². The third kappa shape index (κ3) is 9.60. The lowest BCUT2D eigenvalue weighted by Gasteiger charge is -2.28. The Balaban J connectivity index is 1.21. The zero-order chi connectivity index (χ0) is 38.9. The summed E-state index contributed by atoms with van der Waals surface area (Å²) >= 11 is 6.72. The molecule has 0 atom stereocenters. The smallest absolute Gasteiger partial charge is 0.337 e. The maximum Gasteiger partial charge on any atom is 0.337 e. The molecule has 1 aromatic heterocycles. The number of sulfonamides is 1. The third-order valence-corrected chi connectivity index (χ3v) is 12.3. The Bertz CT molecular complexity index is 2300. The van der Waals surface area contributed by atoms with E-state index >= 15 is 0 Å². The number of esters is 1. The summed E-state index contributed by atoms with van der Waals surface area (Å²) in [5.74, 6) is -0.432. The summed E-state index contributed by atoms with van der Waals surface area (Å²) < 4.78 is 37.9. The van der Waals surface area contributed by atoms with Crippen LogP contribution >= 0.6 is 11.6 Å². The van der Waals surface area contributed by atoms with Gasteiger partial charge < -0.3 is 14.6 Å². The fourth-order valence-electron chi connectivity index (χ4n) is 7.95. The highest BCUT2D eigenvalue weighted by atomic mass is 35.5. The highest BCUT2D eigenvalue weighted by Crippen LogP contribution is 2.38. The van der Waals surface area contributed by atoms with E-state index in [-0.39, 0.29) is 24.3 Å². The van der Waals surface area contributed by atoms with Crippen LogP contribution in [0.1, 0.15) is 61.9 Å². The zero-order valence-corrected chi connectivity index (χ0v) is 33.4. The molecule has 7 rings (SSSR count). The number of hydrogen-bond donors (Lipinski definition) is 2. The summed E-state index contributed by atoms with van der Waals surface area (Å²) in [7, 11) is -2.28. The van der Waals surface area contributed by atoms with Gasteiger partial charge in [-0.25, -0.2) is 17.9 Å². The number of rotatable bonds is 16. The van der Waals surface area contributed by atoms with E-state index in [1.165, 1.54) is 7.11 Å². The molecule has 8 nitrogen and oxygen atoms in total. The molecular weight excluding hydrogens is 740 g/mol. The molecule has 56 heavy (non-hydrogen) atoms. The molecule has 2 heterocycles. The van der Waals surface area contributed by atoms with Crippen LogP contribution in [-0.4, -0.2) is 63.7 Å². The van der Waals surface area contributed by atoms with E-state index in [2.05, 4.69) is 74.1 Å². The van der Waals surface area contributed by atoms with E-state index in [9.17, 15) is 13.2 Å². The number of fused-ring (bicyclic) bond motifs is 1. The van der Waals surface area contributed by atoms with Crippen molar-refractivity contribution in [1.29, 1.82) is 0 Å². The second kappa shape index (κ2) is 18.4. The molecule has 1 fully saturated rings. The molecule has 1 aliphatic heterocycles. The topological polar surface area (TPSA) is 92.7 Å². The molecule has 290 valence electrons. The number of nitrogens with one attached hydrogen (secondary N) is 2. The summed E-state index contributed by atoms with van der Waals surface area (Å²) in [5.41, 5.74) is 9.06. The molecule has 0 bridgehead atoms. The molecular formula is C46H49ClN4O4S. The molecule has 10 heteroatoms. The Kier molecular flexibility index (Phi) is 13.0. The van der Waals surface area contributed by atoms with Crippen molar-refractivity contribution in [3.63, 3.8) is 0 Å². The predicted molar refractivity (Wildman–Crippen MR) is 226 cm³/mol. The van der Waals surface area contributed by atoms with E-state index < -0.39 is 10.0 Å². The lowest BCUT2D eigenvalue weighted by atomic mass is 9.97. The predicted octanol–water partition coefficient (Wildman–Crippen LogP) is 7.96. The first-order valence-electron chi connectivity index (χ1n) is 19.3. The van der Waals surface area contributed by atoms with Gasteiger partial charge in [-0.05, 0) is 83.0 Å². The highest BCUT2D eigenvalue weighted by Gasteiger charge is 2.26. The van der Waals surface area contributed by atoms with Crippen molar-refractivity contribution in [2.75, 3.05) is 39.8 Å². The van der Waals surface area contributed by atoms with Crippen LogP contribution in [-0.2, 0) is 46.3 Å². The number of aromatic nitrogens is 1. The highest BCUT2D eigenvalue weighted by molar-refractivity contribution is 7.88. The van der Waals surface area contributed by atoms with Gasteiger partial charge in [0.05, 0.1) is 24.5 Å². The molecule has 0 saturated carbocycles. The van der Waals surface area contributed by atoms with Gasteiger partial charge in [-0.3, -0.25) is 4.90 Å². The van der Waals surface area contributed by atoms with Crippen LogP contribution in [0.15, 0.2) is 127 Å². The van der Waals surface area contributed by atoms with Crippen molar-refractivity contribution in [2.45, 2.75) is 44.0 Å². The summed E-state index contributed by atoms with van der Waals surface area (Å²) in [5, 5.41) is 5.10. The van der Waals surface area contributed by atoms with Crippen LogP contribution in [0.2, 0.25) is 5.02 Å². The van der Waals surface area contributed by atoms with Crippen LogP contribution < -0.4 is 10.0 Å². The lowest BCUT2D eigenvalue weighted by Crippen LogP contribution is -2.43. The second-order valence-corrected chi connectivity index (χ2v) is 16.7. The van der Waals surface area contributed by atoms with Crippen molar-refractivity contribution in [3.8, 4) is 0 Å². The van der Waals surface area contributed by atoms with Gasteiger partial charge in [0, 0.05) is 67.3 Å². The van der Waals surface area contributed by atoms with Crippen LogP contribution in [0, 0.1) is 0 Å². The summed E-state index contributed by atoms with van der Waals surface area (Å²) in [6, 6.07) is 42.3. The molecule has 0 spiro atoms. The van der Waals surface area contributed by atoms with Crippen molar-refractivity contribution < 1.29 is 17.9 Å². The van der Waals surface area contributed by atoms with E-state index in [4.69, 9.17) is 16.3 Å². The molecule has 1 saturated heterocycles. The maximum atomic E-state index is 13.8. The Morgan fingerprint density at radius 2 is 1.45 bits per heavy atom. The molecule has 0 unspecified atom stereocenters. The standard InChI is InChI=1S/C46H49ClN4O4S/c1-55-46(52)37-21-19-34(20-22-37)11-10-18-41-42-31-40(47)23-24-43(42)51(45(35-12-4-2-5-13-35)36-14-6-3-7-15-36)44(41)25-26-49-56(53,54)33-39-17-9-8-16-38(39)32-50-29-27-48-28-30-50/h2-9,12-17,19-24,31,45,48-49H,10-11,18,25-30,32-33H2,1H3. The fraction of sp³-hybridized carbons (Fsp3) is 0.283. The molecule has 2 N–H and O–H groups in total. The van der Waals surface area contributed by atoms with Gasteiger partial charge in [-0.15, -0.1) is 0 Å². The number of halogens is 1. The minimum absolute atomic E-state index is 0.0772. The van der Waals surface area contributed by atoms with E-state index in [1.54, 1.807) is 12.1 Å². The van der Waals surface area contributed by atoms with Crippen molar-refractivity contribution >= 4 is 38.5 Å². The maximum absolute atomic E-state index is 13.8. The number of benzene rings is 5. The first-order valence-corrected chi connectivity index (χ1v) is 21.4. The normalized spacial score (nSPS) is 13.7. The quantitative estimate of drug-likeness (QED) is 0.0968. The van der Waals surface area contributed by atoms with Gasteiger partial charge in [0.25, 0.3) is 0 Å². The average Bonchev–Trinajstić information content (AvgIpc) is 3.51. The molecule has 6 aromatic rings. The second-order valence-electron chi connectivity index (χ2n) is 14.4. The number of carbonyl (C=O) groups is 1. The summed E-state index contributed by atoms with van der Waals surface area (Å²) in [6.45, 7) is 4.73. The first-order chi connectivity index (χ1) is 27.3. The van der Waals surface area contributed by atoms with Gasteiger partial charge >= 0.3 is 5.97 Å². The lowest BCUT2D eigenvalue weighted by molar-refractivity contribution is 0.0600. The first kappa shape index (κ1) is 39.5. The van der Waals surface area contributed by atoms with Gasteiger partial charge in [0.2, 0.25) is 10.0 Å². The minimum Gasteiger partial charge on any atom is -0.465 e. The molecule has 0 radical (unpaired) electrons. The number of hydrogen-bond acceptors (Lipinski definition) is 6. The van der Waals surface area contributed by atoms with Crippen LogP contribution in [0.25, 0.3) is 10.9 Å². The Morgan fingerprint density at radius 3 is 2.11 bits per heavy atom. The Labute approximate surface area is 335 Å².